The van der Waals surface area contributed by atoms with E-state index in [9.17, 15) is 13.2 Å². The molecule has 2 heterocycles. The van der Waals surface area contributed by atoms with E-state index < -0.39 is 16.1 Å². The van der Waals surface area contributed by atoms with Gasteiger partial charge < -0.3 is 18.9 Å². The van der Waals surface area contributed by atoms with Gasteiger partial charge in [0.2, 0.25) is 6.79 Å². The number of hydrogen-bond acceptors (Lipinski definition) is 7. The third-order valence-electron chi connectivity index (χ3n) is 5.46. The van der Waals surface area contributed by atoms with E-state index in [1.165, 1.54) is 37.3 Å². The predicted octanol–water partition coefficient (Wildman–Crippen LogP) is 3.77. The summed E-state index contributed by atoms with van der Waals surface area (Å²) in [6.45, 7) is 0.265. The maximum absolute atomic E-state index is 13.6. The van der Waals surface area contributed by atoms with Crippen LogP contribution in [0.15, 0.2) is 65.6 Å². The smallest absolute Gasteiger partial charge is 0.343 e. The second-order valence-electron chi connectivity index (χ2n) is 7.33. The number of carbonyl (C=O) groups excluding carboxylic acids is 1. The van der Waals surface area contributed by atoms with Crippen LogP contribution in [-0.4, -0.2) is 35.5 Å². The molecular formula is C23H20N2O7S. The number of urea groups is 1. The molecule has 0 saturated heterocycles. The minimum absolute atomic E-state index is 0.0279. The van der Waals surface area contributed by atoms with Crippen molar-refractivity contribution in [2.45, 2.75) is 11.4 Å². The molecular weight excluding hydrogens is 448 g/mol. The molecule has 0 aliphatic carbocycles. The molecule has 0 atom stereocenters. The Morgan fingerprint density at radius 2 is 1.67 bits per heavy atom. The normalized spacial score (nSPS) is 15.9. The van der Waals surface area contributed by atoms with Crippen LogP contribution in [0.3, 0.4) is 0 Å². The Labute approximate surface area is 190 Å². The van der Waals surface area contributed by atoms with Crippen molar-refractivity contribution in [3.8, 4) is 23.0 Å². The van der Waals surface area contributed by atoms with E-state index in [1.54, 1.807) is 36.4 Å². The van der Waals surface area contributed by atoms with Gasteiger partial charge in [-0.25, -0.2) is 13.2 Å². The number of methoxy groups -OCH3 is 2. The summed E-state index contributed by atoms with van der Waals surface area (Å²) in [4.78, 5) is 15.1. The fraction of sp³-hybridized carbons (Fsp3) is 0.174. The fourth-order valence-corrected chi connectivity index (χ4v) is 5.47. The van der Waals surface area contributed by atoms with Gasteiger partial charge in [-0.2, -0.15) is 4.31 Å². The summed E-state index contributed by atoms with van der Waals surface area (Å²) in [6.07, 6.45) is 0. The molecule has 0 unspecified atom stereocenters. The number of rotatable bonds is 5. The number of anilines is 2. The van der Waals surface area contributed by atoms with E-state index in [2.05, 4.69) is 0 Å². The van der Waals surface area contributed by atoms with Gasteiger partial charge in [-0.3, -0.25) is 4.90 Å². The number of fused-ring (bicyclic) bond motifs is 2. The maximum atomic E-state index is 13.6. The van der Waals surface area contributed by atoms with Crippen molar-refractivity contribution in [1.29, 1.82) is 0 Å². The van der Waals surface area contributed by atoms with E-state index in [-0.39, 0.29) is 23.9 Å². The predicted molar refractivity (Wildman–Crippen MR) is 120 cm³/mol. The average Bonchev–Trinajstić information content (AvgIpc) is 3.29. The van der Waals surface area contributed by atoms with Crippen molar-refractivity contribution in [3.63, 3.8) is 0 Å². The van der Waals surface area contributed by atoms with E-state index in [0.717, 1.165) is 9.87 Å². The van der Waals surface area contributed by atoms with E-state index in [4.69, 9.17) is 18.9 Å². The van der Waals surface area contributed by atoms with E-state index in [0.29, 0.717) is 28.7 Å². The van der Waals surface area contributed by atoms with Gasteiger partial charge in [-0.15, -0.1) is 0 Å². The number of amides is 2. The van der Waals surface area contributed by atoms with E-state index >= 15 is 0 Å². The number of nitrogens with zero attached hydrogens (tertiary/aromatic N) is 2. The standard InChI is InChI=1S/C23H20N2O7S/c1-29-18-10-8-16(12-20(18)30-2)25-23(26)24(17-5-3-4-6-22(17)33(25,27)28)13-15-7-9-19-21(11-15)32-14-31-19/h3-12H,13-14H2,1-2H3. The maximum Gasteiger partial charge on any atom is 0.343 e. The Morgan fingerprint density at radius 1 is 0.909 bits per heavy atom. The summed E-state index contributed by atoms with van der Waals surface area (Å²) in [5, 5.41) is 0. The molecule has 2 amide bonds. The first-order valence-corrected chi connectivity index (χ1v) is 11.4. The van der Waals surface area contributed by atoms with Gasteiger partial charge in [-0.1, -0.05) is 18.2 Å². The molecule has 0 fully saturated rings. The Bertz CT molecular complexity index is 1360. The Hall–Kier alpha value is -3.92. The van der Waals surface area contributed by atoms with Gasteiger partial charge in [0.15, 0.2) is 23.0 Å². The topological polar surface area (TPSA) is 94.6 Å². The highest BCUT2D eigenvalue weighted by atomic mass is 32.2. The van der Waals surface area contributed by atoms with Crippen LogP contribution < -0.4 is 28.2 Å². The van der Waals surface area contributed by atoms with Crippen molar-refractivity contribution >= 4 is 27.4 Å². The van der Waals surface area contributed by atoms with Gasteiger partial charge in [0.25, 0.3) is 10.0 Å². The summed E-state index contributed by atoms with van der Waals surface area (Å²) in [5.74, 6) is 1.92. The molecule has 3 aromatic carbocycles. The Balaban J connectivity index is 1.61. The van der Waals surface area contributed by atoms with Crippen molar-refractivity contribution in [1.82, 2.24) is 0 Å². The zero-order valence-corrected chi connectivity index (χ0v) is 18.7. The quantitative estimate of drug-likeness (QED) is 0.563. The minimum atomic E-state index is -4.16. The lowest BCUT2D eigenvalue weighted by molar-refractivity contribution is 0.174. The molecule has 0 spiro atoms. The lowest BCUT2D eigenvalue weighted by Gasteiger charge is -2.36. The van der Waals surface area contributed by atoms with Gasteiger partial charge in [0.05, 0.1) is 32.1 Å². The average molecular weight is 468 g/mol. The number of para-hydroxylation sites is 1. The van der Waals surface area contributed by atoms with Crippen LogP contribution in [0.1, 0.15) is 5.56 Å². The van der Waals surface area contributed by atoms with Crippen molar-refractivity contribution in [2.24, 2.45) is 0 Å². The van der Waals surface area contributed by atoms with Gasteiger partial charge in [0, 0.05) is 6.07 Å². The molecule has 3 aromatic rings. The number of benzene rings is 3. The van der Waals surface area contributed by atoms with Crippen LogP contribution in [0, 0.1) is 0 Å². The summed E-state index contributed by atoms with van der Waals surface area (Å²) in [5.41, 5.74) is 1.20. The second kappa shape index (κ2) is 7.89. The summed E-state index contributed by atoms with van der Waals surface area (Å²) in [7, 11) is -1.25. The number of hydrogen-bond donors (Lipinski definition) is 0. The lowest BCUT2D eigenvalue weighted by Crippen LogP contribution is -2.50. The molecule has 2 aliphatic rings. The van der Waals surface area contributed by atoms with Crippen LogP contribution in [-0.2, 0) is 16.6 Å². The third kappa shape index (κ3) is 3.39. The Kier molecular flexibility index (Phi) is 5.01. The largest absolute Gasteiger partial charge is 0.493 e. The molecule has 9 nitrogen and oxygen atoms in total. The molecule has 170 valence electrons. The van der Waals surface area contributed by atoms with Gasteiger partial charge >= 0.3 is 6.03 Å². The molecule has 2 aliphatic heterocycles. The van der Waals surface area contributed by atoms with Crippen LogP contribution >= 0.6 is 0 Å². The van der Waals surface area contributed by atoms with Crippen LogP contribution in [0.25, 0.3) is 0 Å². The molecule has 0 saturated carbocycles. The molecule has 10 heteroatoms. The van der Waals surface area contributed by atoms with Crippen molar-refractivity contribution in [3.05, 3.63) is 66.2 Å². The molecule has 0 aromatic heterocycles. The highest BCUT2D eigenvalue weighted by molar-refractivity contribution is 7.94. The minimum Gasteiger partial charge on any atom is -0.493 e. The monoisotopic (exact) mass is 468 g/mol. The van der Waals surface area contributed by atoms with Crippen LogP contribution in [0.5, 0.6) is 23.0 Å². The second-order valence-corrected chi connectivity index (χ2v) is 9.09. The first-order chi connectivity index (χ1) is 15.9. The highest BCUT2D eigenvalue weighted by Gasteiger charge is 2.42. The number of carbonyl (C=O) groups is 1. The van der Waals surface area contributed by atoms with Gasteiger partial charge in [0.1, 0.15) is 4.90 Å². The first-order valence-electron chi connectivity index (χ1n) is 10.0. The highest BCUT2D eigenvalue weighted by Crippen LogP contribution is 2.41. The van der Waals surface area contributed by atoms with Crippen LogP contribution in [0.2, 0.25) is 0 Å². The molecule has 0 N–H and O–H groups in total. The van der Waals surface area contributed by atoms with Gasteiger partial charge in [-0.05, 0) is 42.0 Å². The summed E-state index contributed by atoms with van der Waals surface area (Å²) >= 11 is 0. The SMILES string of the molecule is COc1ccc(N2C(=O)N(Cc3ccc4c(c3)OCO4)c3ccccc3S2(=O)=O)cc1OC. The zero-order valence-electron chi connectivity index (χ0n) is 17.8. The fourth-order valence-electron chi connectivity index (χ4n) is 3.89. The number of sulfonamides is 1. The van der Waals surface area contributed by atoms with Crippen molar-refractivity contribution in [2.75, 3.05) is 30.2 Å². The first kappa shape index (κ1) is 21.0. The summed E-state index contributed by atoms with van der Waals surface area (Å²) < 4.78 is 49.1. The van der Waals surface area contributed by atoms with Crippen LogP contribution in [0.4, 0.5) is 16.2 Å². The Morgan fingerprint density at radius 3 is 2.45 bits per heavy atom. The molecule has 5 rings (SSSR count). The molecule has 0 bridgehead atoms. The zero-order chi connectivity index (χ0) is 23.2. The lowest BCUT2D eigenvalue weighted by atomic mass is 10.1. The van der Waals surface area contributed by atoms with E-state index in [1.807, 2.05) is 6.07 Å². The molecule has 33 heavy (non-hydrogen) atoms. The molecule has 0 radical (unpaired) electrons. The van der Waals surface area contributed by atoms with Crippen molar-refractivity contribution < 1.29 is 32.2 Å². The number of ether oxygens (including phenoxy) is 4. The summed E-state index contributed by atoms with van der Waals surface area (Å²) in [6, 6.07) is 15.6. The third-order valence-corrected chi connectivity index (χ3v) is 7.21.